The van der Waals surface area contributed by atoms with E-state index < -0.39 is 0 Å². The number of carbonyl (C=O) groups is 2. The van der Waals surface area contributed by atoms with Crippen LogP contribution in [0.25, 0.3) is 0 Å². The van der Waals surface area contributed by atoms with Crippen LogP contribution in [0, 0.1) is 0 Å². The lowest BCUT2D eigenvalue weighted by Crippen LogP contribution is -2.20. The molecule has 0 aromatic heterocycles. The van der Waals surface area contributed by atoms with Crippen molar-refractivity contribution in [3.63, 3.8) is 0 Å². The van der Waals surface area contributed by atoms with Gasteiger partial charge in [0.25, 0.3) is 0 Å². The van der Waals surface area contributed by atoms with Crippen LogP contribution in [0.1, 0.15) is 187 Å². The Bertz CT molecular complexity index is 727. The summed E-state index contributed by atoms with van der Waals surface area (Å²) in [5.74, 6) is -0.154. The van der Waals surface area contributed by atoms with Crippen molar-refractivity contribution in [1.82, 2.24) is 4.90 Å². The van der Waals surface area contributed by atoms with Crippen LogP contribution in [0.5, 0.6) is 0 Å². The number of nitrogens with zero attached hydrogens (tertiary/aromatic N) is 1. The first kappa shape index (κ1) is 48.3. The predicted molar refractivity (Wildman–Crippen MR) is 210 cm³/mol. The lowest BCUT2D eigenvalue weighted by Gasteiger charge is -2.19. The molecule has 294 valence electrons. The van der Waals surface area contributed by atoms with Gasteiger partial charge in [-0.3, -0.25) is 9.59 Å². The Balaban J connectivity index is 3.86. The molecule has 50 heavy (non-hydrogen) atoms. The summed E-state index contributed by atoms with van der Waals surface area (Å²) >= 11 is 0. The minimum Gasteiger partial charge on any atom is -0.461 e. The van der Waals surface area contributed by atoms with Crippen LogP contribution in [-0.4, -0.2) is 70.2 Å². The smallest absolute Gasteiger partial charge is 0.306 e. The van der Waals surface area contributed by atoms with E-state index in [-0.39, 0.29) is 18.2 Å². The summed E-state index contributed by atoms with van der Waals surface area (Å²) in [5, 5.41) is 0. The average Bonchev–Trinajstić information content (AvgIpc) is 3.10. The van der Waals surface area contributed by atoms with Gasteiger partial charge in [-0.15, -0.1) is 0 Å². The maximum atomic E-state index is 11.9. The van der Waals surface area contributed by atoms with E-state index in [1.54, 1.807) is 0 Å². The Labute approximate surface area is 309 Å². The minimum absolute atomic E-state index is 0.0769. The summed E-state index contributed by atoms with van der Waals surface area (Å²) in [6, 6.07) is 0. The molecule has 0 aliphatic rings. The van der Waals surface area contributed by atoms with Gasteiger partial charge < -0.3 is 23.8 Å². The average molecular weight is 708 g/mol. The van der Waals surface area contributed by atoms with E-state index in [9.17, 15) is 9.59 Å². The zero-order valence-corrected chi connectivity index (χ0v) is 33.4. The highest BCUT2D eigenvalue weighted by molar-refractivity contribution is 5.69. The van der Waals surface area contributed by atoms with Gasteiger partial charge in [0.05, 0.1) is 0 Å². The summed E-state index contributed by atoms with van der Waals surface area (Å²) in [4.78, 5) is 26.1. The zero-order chi connectivity index (χ0) is 36.6. The fraction of sp³-hybridized carbons (Fsp3) is 0.860. The highest BCUT2D eigenvalue weighted by Gasteiger charge is 2.10. The van der Waals surface area contributed by atoms with Gasteiger partial charge in [-0.2, -0.15) is 0 Å². The second-order valence-electron chi connectivity index (χ2n) is 14.2. The standard InChI is InChI=1S/C43H81NO6/c1-5-7-9-11-15-21-29-37-47-41(45)33-25-19-13-17-23-31-39-49-43(35-27-28-36-44(3)4)50-40-32-24-18-14-20-26-34-42(46)48-38-30-22-16-12-10-8-6-2/h21-22,29-30,43H,5-20,23-28,31-40H2,1-4H3. The Morgan fingerprint density at radius 1 is 0.500 bits per heavy atom. The lowest BCUT2D eigenvalue weighted by molar-refractivity contribution is -0.148. The summed E-state index contributed by atoms with van der Waals surface area (Å²) in [5.41, 5.74) is 0. The van der Waals surface area contributed by atoms with E-state index in [1.165, 1.54) is 64.2 Å². The summed E-state index contributed by atoms with van der Waals surface area (Å²) in [6.45, 7) is 7.84. The first-order chi connectivity index (χ1) is 24.5. The zero-order valence-electron chi connectivity index (χ0n) is 33.4. The molecule has 0 rings (SSSR count). The molecule has 0 saturated heterocycles. The van der Waals surface area contributed by atoms with E-state index in [0.29, 0.717) is 26.1 Å². The highest BCUT2D eigenvalue weighted by Crippen LogP contribution is 2.14. The minimum atomic E-state index is -0.110. The van der Waals surface area contributed by atoms with Crippen molar-refractivity contribution in [2.75, 3.05) is 47.1 Å². The quantitative estimate of drug-likeness (QED) is 0.0272. The van der Waals surface area contributed by atoms with Gasteiger partial charge in [0, 0.05) is 26.1 Å². The maximum Gasteiger partial charge on any atom is 0.306 e. The molecule has 0 heterocycles. The number of unbranched alkanes of at least 4 members (excludes halogenated alkanes) is 19. The first-order valence-electron chi connectivity index (χ1n) is 21.0. The second-order valence-corrected chi connectivity index (χ2v) is 14.2. The van der Waals surface area contributed by atoms with E-state index in [0.717, 1.165) is 116 Å². The molecule has 0 amide bonds. The van der Waals surface area contributed by atoms with E-state index in [2.05, 4.69) is 45.0 Å². The maximum absolute atomic E-state index is 11.9. The van der Waals surface area contributed by atoms with Gasteiger partial charge >= 0.3 is 11.9 Å². The monoisotopic (exact) mass is 708 g/mol. The van der Waals surface area contributed by atoms with Gasteiger partial charge in [-0.25, -0.2) is 0 Å². The number of esters is 2. The van der Waals surface area contributed by atoms with Crippen LogP contribution in [0.15, 0.2) is 24.3 Å². The van der Waals surface area contributed by atoms with E-state index in [1.807, 2.05) is 12.2 Å². The van der Waals surface area contributed by atoms with Crippen molar-refractivity contribution in [2.45, 2.75) is 193 Å². The molecule has 0 aromatic carbocycles. The molecule has 0 radical (unpaired) electrons. The molecule has 0 unspecified atom stereocenters. The second kappa shape index (κ2) is 40.1. The van der Waals surface area contributed by atoms with E-state index in [4.69, 9.17) is 18.9 Å². The van der Waals surface area contributed by atoms with Crippen LogP contribution in [-0.2, 0) is 28.5 Å². The van der Waals surface area contributed by atoms with Crippen LogP contribution in [0.2, 0.25) is 0 Å². The van der Waals surface area contributed by atoms with Crippen LogP contribution >= 0.6 is 0 Å². The van der Waals surface area contributed by atoms with Crippen molar-refractivity contribution >= 4 is 11.9 Å². The fourth-order valence-corrected chi connectivity index (χ4v) is 5.72. The third-order valence-electron chi connectivity index (χ3n) is 8.92. The Morgan fingerprint density at radius 2 is 0.920 bits per heavy atom. The first-order valence-corrected chi connectivity index (χ1v) is 21.0. The Kier molecular flexibility index (Phi) is 38.7. The molecule has 0 spiro atoms. The SMILES string of the molecule is CCCCCCC=CCOC(=O)CCCCCCCCOC(CCCCN(C)C)OCCCCCCCCC(=O)OCC=CCCCCCC. The van der Waals surface area contributed by atoms with Gasteiger partial charge in [-0.05, 0) is 91.3 Å². The molecule has 0 aliphatic carbocycles. The molecule has 0 saturated carbocycles. The summed E-state index contributed by atoms with van der Waals surface area (Å²) in [6.07, 6.45) is 37.7. The number of rotatable bonds is 39. The number of carbonyl (C=O) groups excluding carboxylic acids is 2. The molecule has 7 heteroatoms. The van der Waals surface area contributed by atoms with Gasteiger partial charge in [0.15, 0.2) is 6.29 Å². The Hall–Kier alpha value is -1.70. The van der Waals surface area contributed by atoms with Gasteiger partial charge in [-0.1, -0.05) is 128 Å². The molecular formula is C43H81NO6. The molecule has 0 aliphatic heterocycles. The van der Waals surface area contributed by atoms with Crippen molar-refractivity contribution in [3.05, 3.63) is 24.3 Å². The molecule has 0 bridgehead atoms. The third-order valence-corrected chi connectivity index (χ3v) is 8.92. The number of allylic oxidation sites excluding steroid dienone is 2. The Morgan fingerprint density at radius 3 is 1.36 bits per heavy atom. The molecular weight excluding hydrogens is 626 g/mol. The molecule has 0 fully saturated rings. The number of hydrogen-bond donors (Lipinski definition) is 0. The lowest BCUT2D eigenvalue weighted by atomic mass is 10.1. The molecule has 0 atom stereocenters. The number of hydrogen-bond acceptors (Lipinski definition) is 7. The van der Waals surface area contributed by atoms with Gasteiger partial charge in [0.1, 0.15) is 13.2 Å². The fourth-order valence-electron chi connectivity index (χ4n) is 5.72. The molecule has 0 N–H and O–H groups in total. The van der Waals surface area contributed by atoms with Crippen molar-refractivity contribution in [1.29, 1.82) is 0 Å². The molecule has 7 nitrogen and oxygen atoms in total. The third kappa shape index (κ3) is 39.1. The van der Waals surface area contributed by atoms with Gasteiger partial charge in [0.2, 0.25) is 0 Å². The van der Waals surface area contributed by atoms with E-state index >= 15 is 0 Å². The largest absolute Gasteiger partial charge is 0.461 e. The van der Waals surface area contributed by atoms with Crippen molar-refractivity contribution in [3.8, 4) is 0 Å². The topological polar surface area (TPSA) is 74.3 Å². The number of ether oxygens (including phenoxy) is 4. The summed E-state index contributed by atoms with van der Waals surface area (Å²) in [7, 11) is 4.24. The van der Waals surface area contributed by atoms with Crippen LogP contribution < -0.4 is 0 Å². The molecule has 0 aromatic rings. The summed E-state index contributed by atoms with van der Waals surface area (Å²) < 4.78 is 23.0. The predicted octanol–water partition coefficient (Wildman–Crippen LogP) is 11.7. The van der Waals surface area contributed by atoms with Crippen molar-refractivity contribution in [2.24, 2.45) is 0 Å². The van der Waals surface area contributed by atoms with Crippen LogP contribution in [0.4, 0.5) is 0 Å². The normalized spacial score (nSPS) is 12.4. The van der Waals surface area contributed by atoms with Crippen molar-refractivity contribution < 1.29 is 28.5 Å². The van der Waals surface area contributed by atoms with Crippen LogP contribution in [0.3, 0.4) is 0 Å². The highest BCUT2D eigenvalue weighted by atomic mass is 16.7.